The Morgan fingerprint density at radius 3 is 2.88 bits per heavy atom. The lowest BCUT2D eigenvalue weighted by Crippen LogP contribution is -2.59. The lowest BCUT2D eigenvalue weighted by molar-refractivity contribution is -0.385. The number of nitro groups is 1. The van der Waals surface area contributed by atoms with Gasteiger partial charge >= 0.3 is 0 Å². The summed E-state index contributed by atoms with van der Waals surface area (Å²) in [4.78, 5) is 10.1. The Morgan fingerprint density at radius 1 is 1.53 bits per heavy atom. The Balaban J connectivity index is 2.04. The summed E-state index contributed by atoms with van der Waals surface area (Å²) < 4.78 is 10.8. The van der Waals surface area contributed by atoms with Crippen molar-refractivity contribution in [3.05, 3.63) is 34.4 Å². The molecule has 6 nitrogen and oxygen atoms in total. The van der Waals surface area contributed by atoms with Crippen LogP contribution in [-0.2, 0) is 4.74 Å². The van der Waals surface area contributed by atoms with Gasteiger partial charge in [0, 0.05) is 25.6 Å². The van der Waals surface area contributed by atoms with Crippen molar-refractivity contribution in [2.45, 2.75) is 24.7 Å². The van der Waals surface area contributed by atoms with Crippen LogP contribution in [0, 0.1) is 10.1 Å². The molecule has 2 rings (SSSR count). The van der Waals surface area contributed by atoms with Crippen LogP contribution in [-0.4, -0.2) is 30.3 Å². The summed E-state index contributed by atoms with van der Waals surface area (Å²) in [7, 11) is 1.58. The minimum Gasteiger partial charge on any atom is -0.487 e. The summed E-state index contributed by atoms with van der Waals surface area (Å²) in [5, 5.41) is 10.6. The van der Waals surface area contributed by atoms with Crippen LogP contribution in [0.25, 0.3) is 0 Å². The molecular weight excluding hydrogens is 224 g/mol. The van der Waals surface area contributed by atoms with Crippen LogP contribution >= 0.6 is 0 Å². The maximum Gasteiger partial charge on any atom is 0.273 e. The fourth-order valence-corrected chi connectivity index (χ4v) is 1.90. The van der Waals surface area contributed by atoms with Crippen molar-refractivity contribution in [2.75, 3.05) is 7.11 Å². The molecule has 1 fully saturated rings. The first kappa shape index (κ1) is 11.8. The van der Waals surface area contributed by atoms with Crippen LogP contribution in [0.15, 0.2) is 24.3 Å². The standard InChI is InChI=1S/C11H14N2O4/c1-16-11-9(12)6-10(11)17-8-4-2-3-7(5-8)13(14)15/h2-5,9-11H,6,12H2,1H3. The zero-order chi connectivity index (χ0) is 12.4. The second kappa shape index (κ2) is 4.68. The Hall–Kier alpha value is -1.66. The van der Waals surface area contributed by atoms with Crippen LogP contribution in [0.3, 0.4) is 0 Å². The molecule has 0 saturated heterocycles. The molecule has 0 radical (unpaired) electrons. The number of hydrogen-bond acceptors (Lipinski definition) is 5. The van der Waals surface area contributed by atoms with E-state index >= 15 is 0 Å². The van der Waals surface area contributed by atoms with E-state index in [0.717, 1.165) is 0 Å². The first-order valence-electron chi connectivity index (χ1n) is 5.31. The highest BCUT2D eigenvalue weighted by Gasteiger charge is 2.40. The van der Waals surface area contributed by atoms with Crippen LogP contribution in [0.4, 0.5) is 5.69 Å². The average molecular weight is 238 g/mol. The van der Waals surface area contributed by atoms with Crippen molar-refractivity contribution >= 4 is 5.69 Å². The van der Waals surface area contributed by atoms with E-state index in [0.29, 0.717) is 12.2 Å². The van der Waals surface area contributed by atoms with Gasteiger partial charge in [-0.05, 0) is 6.07 Å². The van der Waals surface area contributed by atoms with Gasteiger partial charge in [-0.15, -0.1) is 0 Å². The molecular formula is C11H14N2O4. The van der Waals surface area contributed by atoms with Gasteiger partial charge in [-0.3, -0.25) is 10.1 Å². The number of ether oxygens (including phenoxy) is 2. The molecule has 1 aromatic rings. The zero-order valence-electron chi connectivity index (χ0n) is 9.41. The normalized spacial score (nSPS) is 27.3. The second-order valence-corrected chi connectivity index (χ2v) is 4.01. The van der Waals surface area contributed by atoms with Gasteiger partial charge in [-0.2, -0.15) is 0 Å². The van der Waals surface area contributed by atoms with Gasteiger partial charge < -0.3 is 15.2 Å². The summed E-state index contributed by atoms with van der Waals surface area (Å²) >= 11 is 0. The molecule has 1 aliphatic rings. The molecule has 1 aromatic carbocycles. The lowest BCUT2D eigenvalue weighted by Gasteiger charge is -2.40. The molecule has 0 heterocycles. The molecule has 0 amide bonds. The van der Waals surface area contributed by atoms with Crippen molar-refractivity contribution in [3.63, 3.8) is 0 Å². The van der Waals surface area contributed by atoms with Crippen LogP contribution < -0.4 is 10.5 Å². The van der Waals surface area contributed by atoms with Gasteiger partial charge in [0.25, 0.3) is 5.69 Å². The number of nitro benzene ring substituents is 1. The van der Waals surface area contributed by atoms with E-state index in [2.05, 4.69) is 0 Å². The lowest BCUT2D eigenvalue weighted by atomic mass is 9.86. The molecule has 0 bridgehead atoms. The number of nitrogens with zero attached hydrogens (tertiary/aromatic N) is 1. The third-order valence-electron chi connectivity index (χ3n) is 2.88. The van der Waals surface area contributed by atoms with Gasteiger partial charge in [0.15, 0.2) is 0 Å². The molecule has 0 aliphatic heterocycles. The van der Waals surface area contributed by atoms with E-state index in [9.17, 15) is 10.1 Å². The molecule has 1 aliphatic carbocycles. The molecule has 3 atom stereocenters. The molecule has 6 heteroatoms. The minimum atomic E-state index is -0.451. The van der Waals surface area contributed by atoms with E-state index in [1.807, 2.05) is 0 Å². The van der Waals surface area contributed by atoms with Crippen molar-refractivity contribution in [1.82, 2.24) is 0 Å². The highest BCUT2D eigenvalue weighted by Crippen LogP contribution is 2.28. The van der Waals surface area contributed by atoms with Gasteiger partial charge in [0.2, 0.25) is 0 Å². The number of nitrogens with two attached hydrogens (primary N) is 1. The molecule has 2 N–H and O–H groups in total. The third kappa shape index (κ3) is 2.37. The van der Waals surface area contributed by atoms with Crippen molar-refractivity contribution in [3.8, 4) is 5.75 Å². The smallest absolute Gasteiger partial charge is 0.273 e. The summed E-state index contributed by atoms with van der Waals surface area (Å²) in [5.41, 5.74) is 5.76. The molecule has 0 spiro atoms. The van der Waals surface area contributed by atoms with Crippen LogP contribution in [0.5, 0.6) is 5.75 Å². The summed E-state index contributed by atoms with van der Waals surface area (Å²) in [5.74, 6) is 0.471. The van der Waals surface area contributed by atoms with Gasteiger partial charge in [0.05, 0.1) is 11.0 Å². The maximum atomic E-state index is 10.6. The third-order valence-corrected chi connectivity index (χ3v) is 2.88. The summed E-state index contributed by atoms with van der Waals surface area (Å²) in [6.07, 6.45) is 0.424. The van der Waals surface area contributed by atoms with E-state index in [4.69, 9.17) is 15.2 Å². The predicted octanol–water partition coefficient (Wildman–Crippen LogP) is 1.09. The first-order chi connectivity index (χ1) is 8.11. The Morgan fingerprint density at radius 2 is 2.29 bits per heavy atom. The van der Waals surface area contributed by atoms with E-state index in [-0.39, 0.29) is 23.9 Å². The highest BCUT2D eigenvalue weighted by atomic mass is 16.6. The number of rotatable bonds is 4. The van der Waals surface area contributed by atoms with E-state index in [1.165, 1.54) is 12.1 Å². The average Bonchev–Trinajstić information content (AvgIpc) is 2.29. The number of benzene rings is 1. The fourth-order valence-electron chi connectivity index (χ4n) is 1.90. The topological polar surface area (TPSA) is 87.6 Å². The van der Waals surface area contributed by atoms with Gasteiger partial charge in [0.1, 0.15) is 18.0 Å². The monoisotopic (exact) mass is 238 g/mol. The molecule has 92 valence electrons. The van der Waals surface area contributed by atoms with Gasteiger partial charge in [-0.25, -0.2) is 0 Å². The van der Waals surface area contributed by atoms with E-state index < -0.39 is 4.92 Å². The van der Waals surface area contributed by atoms with Gasteiger partial charge in [-0.1, -0.05) is 6.07 Å². The Bertz CT molecular complexity index is 424. The zero-order valence-corrected chi connectivity index (χ0v) is 9.41. The highest BCUT2D eigenvalue weighted by molar-refractivity contribution is 5.38. The Kier molecular flexibility index (Phi) is 3.26. The van der Waals surface area contributed by atoms with Crippen molar-refractivity contribution in [1.29, 1.82) is 0 Å². The number of hydrogen-bond donors (Lipinski definition) is 1. The second-order valence-electron chi connectivity index (χ2n) is 4.01. The molecule has 1 saturated carbocycles. The maximum absolute atomic E-state index is 10.6. The summed E-state index contributed by atoms with van der Waals surface area (Å²) in [6, 6.07) is 6.07. The molecule has 17 heavy (non-hydrogen) atoms. The first-order valence-corrected chi connectivity index (χ1v) is 5.31. The van der Waals surface area contributed by atoms with Crippen molar-refractivity contribution in [2.24, 2.45) is 5.73 Å². The fraction of sp³-hybridized carbons (Fsp3) is 0.455. The Labute approximate surface area is 98.5 Å². The minimum absolute atomic E-state index is 0.0140. The SMILES string of the molecule is COC1C(N)CC1Oc1cccc([N+](=O)[O-])c1. The quantitative estimate of drug-likeness (QED) is 0.626. The summed E-state index contributed by atoms with van der Waals surface area (Å²) in [6.45, 7) is 0. The molecule has 3 unspecified atom stereocenters. The van der Waals surface area contributed by atoms with E-state index in [1.54, 1.807) is 19.2 Å². The molecule has 0 aromatic heterocycles. The largest absolute Gasteiger partial charge is 0.487 e. The van der Waals surface area contributed by atoms with Crippen LogP contribution in [0.1, 0.15) is 6.42 Å². The number of methoxy groups -OCH3 is 1. The number of non-ortho nitro benzene ring substituents is 1. The predicted molar refractivity (Wildman–Crippen MR) is 60.9 cm³/mol. The van der Waals surface area contributed by atoms with Crippen LogP contribution in [0.2, 0.25) is 0 Å². The van der Waals surface area contributed by atoms with Crippen molar-refractivity contribution < 1.29 is 14.4 Å².